The SMILES string of the molecule is COC1CCN(C(=O)C2CC(C(=O)O)=NO2)CC1. The zero-order chi connectivity index (χ0) is 13.1. The maximum absolute atomic E-state index is 12.1. The number of piperidine rings is 1. The van der Waals surface area contributed by atoms with E-state index >= 15 is 0 Å². The van der Waals surface area contributed by atoms with E-state index in [9.17, 15) is 9.59 Å². The van der Waals surface area contributed by atoms with Crippen molar-refractivity contribution in [3.63, 3.8) is 0 Å². The number of likely N-dealkylation sites (tertiary alicyclic amines) is 1. The lowest BCUT2D eigenvalue weighted by Gasteiger charge is -2.32. The minimum atomic E-state index is -1.14. The molecule has 0 bridgehead atoms. The fraction of sp³-hybridized carbons (Fsp3) is 0.727. The van der Waals surface area contributed by atoms with Crippen LogP contribution in [0.25, 0.3) is 0 Å². The van der Waals surface area contributed by atoms with Gasteiger partial charge in [0.25, 0.3) is 5.91 Å². The molecule has 2 heterocycles. The van der Waals surface area contributed by atoms with E-state index in [-0.39, 0.29) is 24.1 Å². The van der Waals surface area contributed by atoms with E-state index in [0.717, 1.165) is 12.8 Å². The average Bonchev–Trinajstić information content (AvgIpc) is 2.88. The number of rotatable bonds is 3. The van der Waals surface area contributed by atoms with Crippen LogP contribution >= 0.6 is 0 Å². The highest BCUT2D eigenvalue weighted by molar-refractivity contribution is 6.36. The number of nitrogens with zero attached hydrogens (tertiary/aromatic N) is 2. The molecule has 1 amide bonds. The fourth-order valence-corrected chi connectivity index (χ4v) is 2.15. The average molecular weight is 256 g/mol. The molecule has 1 atom stereocenters. The van der Waals surface area contributed by atoms with Gasteiger partial charge in [-0.2, -0.15) is 0 Å². The van der Waals surface area contributed by atoms with Crippen LogP contribution in [0.5, 0.6) is 0 Å². The number of carbonyl (C=O) groups is 2. The van der Waals surface area contributed by atoms with Crippen LogP contribution in [0, 0.1) is 0 Å². The summed E-state index contributed by atoms with van der Waals surface area (Å²) in [7, 11) is 1.66. The van der Waals surface area contributed by atoms with Crippen molar-refractivity contribution >= 4 is 17.6 Å². The number of methoxy groups -OCH3 is 1. The minimum Gasteiger partial charge on any atom is -0.477 e. The lowest BCUT2D eigenvalue weighted by atomic mass is 10.1. The quantitative estimate of drug-likeness (QED) is 0.758. The van der Waals surface area contributed by atoms with Gasteiger partial charge in [0.1, 0.15) is 0 Å². The Labute approximate surface area is 104 Å². The van der Waals surface area contributed by atoms with Gasteiger partial charge in [-0.05, 0) is 12.8 Å². The second-order valence-corrected chi connectivity index (χ2v) is 4.40. The molecule has 0 aromatic heterocycles. The summed E-state index contributed by atoms with van der Waals surface area (Å²) in [6, 6.07) is 0. The number of carboxylic acids is 1. The third-order valence-electron chi connectivity index (χ3n) is 3.28. The number of oxime groups is 1. The number of amides is 1. The van der Waals surface area contributed by atoms with E-state index < -0.39 is 12.1 Å². The zero-order valence-corrected chi connectivity index (χ0v) is 10.2. The fourth-order valence-electron chi connectivity index (χ4n) is 2.15. The minimum absolute atomic E-state index is 0.0401. The molecule has 2 rings (SSSR count). The van der Waals surface area contributed by atoms with Gasteiger partial charge in [-0.15, -0.1) is 0 Å². The summed E-state index contributed by atoms with van der Waals surface area (Å²) in [5.74, 6) is -1.33. The molecule has 2 aliphatic rings. The van der Waals surface area contributed by atoms with E-state index in [1.165, 1.54) is 0 Å². The third kappa shape index (κ3) is 2.61. The van der Waals surface area contributed by atoms with E-state index in [4.69, 9.17) is 14.7 Å². The lowest BCUT2D eigenvalue weighted by molar-refractivity contribution is -0.144. The topological polar surface area (TPSA) is 88.4 Å². The smallest absolute Gasteiger partial charge is 0.353 e. The van der Waals surface area contributed by atoms with Crippen LogP contribution in [0.3, 0.4) is 0 Å². The van der Waals surface area contributed by atoms with Gasteiger partial charge in [0.05, 0.1) is 6.10 Å². The van der Waals surface area contributed by atoms with Gasteiger partial charge in [-0.25, -0.2) is 4.79 Å². The molecule has 7 nitrogen and oxygen atoms in total. The first-order valence-corrected chi connectivity index (χ1v) is 5.89. The first-order chi connectivity index (χ1) is 8.61. The van der Waals surface area contributed by atoms with Crippen molar-refractivity contribution in [2.45, 2.75) is 31.5 Å². The second-order valence-electron chi connectivity index (χ2n) is 4.40. The monoisotopic (exact) mass is 256 g/mol. The Hall–Kier alpha value is -1.63. The molecule has 0 aliphatic carbocycles. The zero-order valence-electron chi connectivity index (χ0n) is 10.2. The maximum Gasteiger partial charge on any atom is 0.353 e. The number of hydrogen-bond donors (Lipinski definition) is 1. The maximum atomic E-state index is 12.1. The Kier molecular flexibility index (Phi) is 3.81. The summed E-state index contributed by atoms with van der Waals surface area (Å²) < 4.78 is 5.22. The predicted octanol–water partition coefficient (Wildman–Crippen LogP) is -0.147. The summed E-state index contributed by atoms with van der Waals surface area (Å²) in [5.41, 5.74) is -0.0971. The molecule has 0 spiro atoms. The number of hydrogen-bond acceptors (Lipinski definition) is 5. The van der Waals surface area contributed by atoms with E-state index in [2.05, 4.69) is 5.16 Å². The van der Waals surface area contributed by atoms with Crippen LogP contribution in [0.4, 0.5) is 0 Å². The Morgan fingerprint density at radius 3 is 2.61 bits per heavy atom. The summed E-state index contributed by atoms with van der Waals surface area (Å²) in [6.45, 7) is 1.22. The van der Waals surface area contributed by atoms with Gasteiger partial charge in [0.2, 0.25) is 6.10 Å². The van der Waals surface area contributed by atoms with Gasteiger partial charge in [-0.3, -0.25) is 4.79 Å². The largest absolute Gasteiger partial charge is 0.477 e. The molecule has 100 valence electrons. The van der Waals surface area contributed by atoms with Crippen molar-refractivity contribution in [3.05, 3.63) is 0 Å². The summed E-state index contributed by atoms with van der Waals surface area (Å²) in [6.07, 6.45) is 1.04. The Morgan fingerprint density at radius 1 is 1.44 bits per heavy atom. The molecule has 0 aromatic rings. The highest BCUT2D eigenvalue weighted by Gasteiger charge is 2.35. The Bertz CT molecular complexity index is 374. The normalized spacial score (nSPS) is 24.6. The second kappa shape index (κ2) is 5.34. The Balaban J connectivity index is 1.85. The van der Waals surface area contributed by atoms with Crippen molar-refractivity contribution in [1.29, 1.82) is 0 Å². The first-order valence-electron chi connectivity index (χ1n) is 5.89. The van der Waals surface area contributed by atoms with Crippen molar-refractivity contribution in [1.82, 2.24) is 4.90 Å². The highest BCUT2D eigenvalue weighted by atomic mass is 16.6. The van der Waals surface area contributed by atoms with Gasteiger partial charge < -0.3 is 19.6 Å². The first kappa shape index (κ1) is 12.8. The van der Waals surface area contributed by atoms with Crippen molar-refractivity contribution < 1.29 is 24.3 Å². The van der Waals surface area contributed by atoms with Crippen LogP contribution in [0.1, 0.15) is 19.3 Å². The summed E-state index contributed by atoms with van der Waals surface area (Å²) in [5, 5.41) is 12.1. The number of aliphatic carboxylic acids is 1. The predicted molar refractivity (Wildman–Crippen MR) is 61.2 cm³/mol. The standard InChI is InChI=1S/C11H16N2O5/c1-17-7-2-4-13(5-3-7)10(14)9-6-8(11(15)16)12-18-9/h7,9H,2-6H2,1H3,(H,15,16). The van der Waals surface area contributed by atoms with E-state index in [1.54, 1.807) is 12.0 Å². The summed E-state index contributed by atoms with van der Waals surface area (Å²) in [4.78, 5) is 29.3. The molecule has 0 radical (unpaired) electrons. The van der Waals surface area contributed by atoms with Gasteiger partial charge in [0.15, 0.2) is 5.71 Å². The molecule has 18 heavy (non-hydrogen) atoms. The van der Waals surface area contributed by atoms with Crippen LogP contribution in [-0.2, 0) is 19.2 Å². The van der Waals surface area contributed by atoms with Crippen LogP contribution in [-0.4, -0.2) is 60.0 Å². The van der Waals surface area contributed by atoms with E-state index in [0.29, 0.717) is 13.1 Å². The van der Waals surface area contributed by atoms with Gasteiger partial charge in [-0.1, -0.05) is 5.16 Å². The highest BCUT2D eigenvalue weighted by Crippen LogP contribution is 2.18. The van der Waals surface area contributed by atoms with Gasteiger partial charge in [0, 0.05) is 26.6 Å². The molecule has 2 aliphatic heterocycles. The van der Waals surface area contributed by atoms with E-state index in [1.807, 2.05) is 0 Å². The number of carboxylic acid groups (broad SMARTS) is 1. The van der Waals surface area contributed by atoms with Crippen molar-refractivity contribution in [2.24, 2.45) is 5.16 Å². The molecular formula is C11H16N2O5. The van der Waals surface area contributed by atoms with Crippen molar-refractivity contribution in [3.8, 4) is 0 Å². The van der Waals surface area contributed by atoms with Gasteiger partial charge >= 0.3 is 5.97 Å². The molecule has 1 N–H and O–H groups in total. The summed E-state index contributed by atoms with van der Waals surface area (Å²) >= 11 is 0. The number of ether oxygens (including phenoxy) is 1. The van der Waals surface area contributed by atoms with Crippen LogP contribution in [0.2, 0.25) is 0 Å². The lowest BCUT2D eigenvalue weighted by Crippen LogP contribution is -2.45. The Morgan fingerprint density at radius 2 is 2.11 bits per heavy atom. The molecule has 1 saturated heterocycles. The van der Waals surface area contributed by atoms with Crippen molar-refractivity contribution in [2.75, 3.05) is 20.2 Å². The molecule has 0 saturated carbocycles. The molecule has 7 heteroatoms. The molecule has 1 fully saturated rings. The van der Waals surface area contributed by atoms with Crippen LogP contribution < -0.4 is 0 Å². The molecule has 1 unspecified atom stereocenters. The molecule has 0 aromatic carbocycles. The molecular weight excluding hydrogens is 240 g/mol. The number of carbonyl (C=O) groups excluding carboxylic acids is 1. The third-order valence-corrected chi connectivity index (χ3v) is 3.28. The van der Waals surface area contributed by atoms with Crippen LogP contribution in [0.15, 0.2) is 5.16 Å².